The summed E-state index contributed by atoms with van der Waals surface area (Å²) in [5, 5.41) is 0. The Balaban J connectivity index is 1.58. The Labute approximate surface area is 133 Å². The fourth-order valence-electron chi connectivity index (χ4n) is 3.01. The highest BCUT2D eigenvalue weighted by Crippen LogP contribution is 2.27. The predicted octanol–water partition coefficient (Wildman–Crippen LogP) is 5.13. The van der Waals surface area contributed by atoms with Crippen molar-refractivity contribution in [2.24, 2.45) is 5.92 Å². The third kappa shape index (κ3) is 3.82. The van der Waals surface area contributed by atoms with Crippen molar-refractivity contribution in [1.82, 2.24) is 9.97 Å². The fourth-order valence-corrected chi connectivity index (χ4v) is 3.01. The van der Waals surface area contributed by atoms with Gasteiger partial charge in [-0.05, 0) is 63.0 Å². The summed E-state index contributed by atoms with van der Waals surface area (Å²) in [6, 6.07) is 8.74. The van der Waals surface area contributed by atoms with Crippen LogP contribution in [-0.4, -0.2) is 9.97 Å². The van der Waals surface area contributed by atoms with E-state index in [1.54, 1.807) is 5.57 Å². The second kappa shape index (κ2) is 6.87. The molecule has 0 aliphatic heterocycles. The van der Waals surface area contributed by atoms with Crippen molar-refractivity contribution < 1.29 is 0 Å². The zero-order valence-corrected chi connectivity index (χ0v) is 13.5. The van der Waals surface area contributed by atoms with Crippen LogP contribution in [0.5, 0.6) is 0 Å². The SMILES string of the molecule is CC1=CCC(CCc2ccc(-c3ncc(C)cn3)cc2)CC1. The average molecular weight is 292 g/mol. The van der Waals surface area contributed by atoms with Gasteiger partial charge >= 0.3 is 0 Å². The number of allylic oxidation sites excluding steroid dienone is 2. The van der Waals surface area contributed by atoms with E-state index in [0.29, 0.717) is 0 Å². The third-order valence-corrected chi connectivity index (χ3v) is 4.58. The van der Waals surface area contributed by atoms with Crippen molar-refractivity contribution in [3.8, 4) is 11.4 Å². The molecule has 114 valence electrons. The summed E-state index contributed by atoms with van der Waals surface area (Å²) >= 11 is 0. The summed E-state index contributed by atoms with van der Waals surface area (Å²) in [6.45, 7) is 4.26. The standard InChI is InChI=1S/C20H24N2/c1-15-3-5-17(6-4-15)7-8-18-9-11-19(12-10-18)20-21-13-16(2)14-22-20/h3,9-14,17H,4-8H2,1-2H3. The zero-order chi connectivity index (χ0) is 15.4. The zero-order valence-electron chi connectivity index (χ0n) is 13.5. The Morgan fingerprint density at radius 1 is 1.05 bits per heavy atom. The van der Waals surface area contributed by atoms with Gasteiger partial charge in [0.25, 0.3) is 0 Å². The maximum atomic E-state index is 4.39. The van der Waals surface area contributed by atoms with Gasteiger partial charge in [0.05, 0.1) is 0 Å². The van der Waals surface area contributed by atoms with Gasteiger partial charge < -0.3 is 0 Å². The van der Waals surface area contributed by atoms with E-state index in [2.05, 4.69) is 47.2 Å². The highest BCUT2D eigenvalue weighted by atomic mass is 14.9. The van der Waals surface area contributed by atoms with Gasteiger partial charge in [-0.15, -0.1) is 0 Å². The predicted molar refractivity (Wildman–Crippen MR) is 91.6 cm³/mol. The quantitative estimate of drug-likeness (QED) is 0.730. The summed E-state index contributed by atoms with van der Waals surface area (Å²) in [7, 11) is 0. The molecule has 0 bridgehead atoms. The van der Waals surface area contributed by atoms with E-state index in [-0.39, 0.29) is 0 Å². The molecule has 0 amide bonds. The normalized spacial score (nSPS) is 18.1. The molecule has 1 aromatic carbocycles. The van der Waals surface area contributed by atoms with E-state index >= 15 is 0 Å². The minimum absolute atomic E-state index is 0.810. The first-order valence-corrected chi connectivity index (χ1v) is 8.24. The molecule has 0 saturated carbocycles. The summed E-state index contributed by atoms with van der Waals surface area (Å²) in [5.74, 6) is 1.67. The minimum atomic E-state index is 0.810. The van der Waals surface area contributed by atoms with E-state index in [9.17, 15) is 0 Å². The molecule has 22 heavy (non-hydrogen) atoms. The Morgan fingerprint density at radius 3 is 2.41 bits per heavy atom. The molecule has 1 aromatic heterocycles. The second-order valence-electron chi connectivity index (χ2n) is 6.51. The Bertz CT molecular complexity index is 638. The molecule has 2 aromatic rings. The number of aryl methyl sites for hydroxylation is 2. The highest BCUT2D eigenvalue weighted by Gasteiger charge is 2.12. The van der Waals surface area contributed by atoms with Gasteiger partial charge in [-0.25, -0.2) is 9.97 Å². The van der Waals surface area contributed by atoms with E-state index in [4.69, 9.17) is 0 Å². The molecule has 1 atom stereocenters. The lowest BCUT2D eigenvalue weighted by molar-refractivity contribution is 0.437. The molecular formula is C20H24N2. The maximum Gasteiger partial charge on any atom is 0.159 e. The van der Waals surface area contributed by atoms with Crippen LogP contribution >= 0.6 is 0 Å². The Hall–Kier alpha value is -1.96. The van der Waals surface area contributed by atoms with Crippen LogP contribution in [-0.2, 0) is 6.42 Å². The molecule has 2 heteroatoms. The van der Waals surface area contributed by atoms with E-state index in [1.807, 2.05) is 19.3 Å². The molecule has 0 radical (unpaired) electrons. The molecular weight excluding hydrogens is 268 g/mol. The molecule has 1 aliphatic carbocycles. The van der Waals surface area contributed by atoms with Crippen LogP contribution in [0.2, 0.25) is 0 Å². The number of aromatic nitrogens is 2. The summed E-state index contributed by atoms with van der Waals surface area (Å²) in [4.78, 5) is 8.77. The van der Waals surface area contributed by atoms with E-state index < -0.39 is 0 Å². The molecule has 0 fully saturated rings. The van der Waals surface area contributed by atoms with Crippen molar-refractivity contribution in [2.45, 2.75) is 46.0 Å². The van der Waals surface area contributed by atoms with E-state index in [0.717, 1.165) is 22.9 Å². The lowest BCUT2D eigenvalue weighted by Gasteiger charge is -2.20. The molecule has 1 heterocycles. The summed E-state index contributed by atoms with van der Waals surface area (Å²) in [5.41, 5.74) is 5.18. The van der Waals surface area contributed by atoms with Crippen molar-refractivity contribution >= 4 is 0 Å². The van der Waals surface area contributed by atoms with Crippen LogP contribution in [0.1, 0.15) is 43.7 Å². The molecule has 3 rings (SSSR count). The topological polar surface area (TPSA) is 25.8 Å². The number of hydrogen-bond donors (Lipinski definition) is 0. The monoisotopic (exact) mass is 292 g/mol. The molecule has 2 nitrogen and oxygen atoms in total. The van der Waals surface area contributed by atoms with E-state index in [1.165, 1.54) is 37.7 Å². The van der Waals surface area contributed by atoms with Gasteiger partial charge in [0.2, 0.25) is 0 Å². The van der Waals surface area contributed by atoms with Crippen LogP contribution < -0.4 is 0 Å². The van der Waals surface area contributed by atoms with Gasteiger partial charge in [0.1, 0.15) is 0 Å². The number of benzene rings is 1. The fraction of sp³-hybridized carbons (Fsp3) is 0.400. The molecule has 0 N–H and O–H groups in total. The first-order chi connectivity index (χ1) is 10.7. The third-order valence-electron chi connectivity index (χ3n) is 4.58. The van der Waals surface area contributed by atoms with Crippen LogP contribution in [0.3, 0.4) is 0 Å². The van der Waals surface area contributed by atoms with Crippen LogP contribution in [0.25, 0.3) is 11.4 Å². The van der Waals surface area contributed by atoms with Crippen molar-refractivity contribution in [1.29, 1.82) is 0 Å². The lowest BCUT2D eigenvalue weighted by Crippen LogP contribution is -2.06. The largest absolute Gasteiger partial charge is 0.236 e. The molecule has 1 aliphatic rings. The van der Waals surface area contributed by atoms with Crippen molar-refractivity contribution in [2.75, 3.05) is 0 Å². The lowest BCUT2D eigenvalue weighted by atomic mass is 9.86. The first-order valence-electron chi connectivity index (χ1n) is 8.24. The van der Waals surface area contributed by atoms with Crippen molar-refractivity contribution in [3.63, 3.8) is 0 Å². The number of rotatable bonds is 4. The highest BCUT2D eigenvalue weighted by molar-refractivity contribution is 5.55. The van der Waals surface area contributed by atoms with Crippen LogP contribution in [0.4, 0.5) is 0 Å². The van der Waals surface area contributed by atoms with Gasteiger partial charge in [0.15, 0.2) is 5.82 Å². The second-order valence-corrected chi connectivity index (χ2v) is 6.51. The van der Waals surface area contributed by atoms with Gasteiger partial charge in [-0.3, -0.25) is 0 Å². The van der Waals surface area contributed by atoms with Crippen LogP contribution in [0.15, 0.2) is 48.3 Å². The molecule has 1 unspecified atom stereocenters. The molecule has 0 spiro atoms. The number of nitrogens with zero attached hydrogens (tertiary/aromatic N) is 2. The maximum absolute atomic E-state index is 4.39. The number of hydrogen-bond acceptors (Lipinski definition) is 2. The Kier molecular flexibility index (Phi) is 4.67. The van der Waals surface area contributed by atoms with Gasteiger partial charge in [-0.2, -0.15) is 0 Å². The van der Waals surface area contributed by atoms with Crippen molar-refractivity contribution in [3.05, 3.63) is 59.4 Å². The first kappa shape index (κ1) is 15.0. The smallest absolute Gasteiger partial charge is 0.159 e. The summed E-state index contributed by atoms with van der Waals surface area (Å²) < 4.78 is 0. The average Bonchev–Trinajstić information content (AvgIpc) is 2.56. The van der Waals surface area contributed by atoms with Gasteiger partial charge in [-0.1, -0.05) is 35.9 Å². The van der Waals surface area contributed by atoms with Gasteiger partial charge in [0, 0.05) is 18.0 Å². The van der Waals surface area contributed by atoms with Crippen LogP contribution in [0, 0.1) is 12.8 Å². The molecule has 0 saturated heterocycles. The Morgan fingerprint density at radius 2 is 1.77 bits per heavy atom. The minimum Gasteiger partial charge on any atom is -0.236 e. The summed E-state index contributed by atoms with van der Waals surface area (Å²) in [6.07, 6.45) is 12.5.